The molecule has 0 heterocycles. The maximum Gasteiger partial charge on any atom is 0.313 e. The molecule has 0 radical (unpaired) electrons. The molecule has 25 heavy (non-hydrogen) atoms. The van der Waals surface area contributed by atoms with Gasteiger partial charge < -0.3 is 16.0 Å². The Labute approximate surface area is 146 Å². The minimum atomic E-state index is -0.736. The smallest absolute Gasteiger partial charge is 0.313 e. The van der Waals surface area contributed by atoms with Crippen LogP contribution in [0.3, 0.4) is 0 Å². The van der Waals surface area contributed by atoms with Gasteiger partial charge in [-0.25, -0.2) is 0 Å². The molecule has 2 aromatic carbocycles. The van der Waals surface area contributed by atoms with E-state index in [9.17, 15) is 14.4 Å². The molecule has 0 bridgehead atoms. The zero-order valence-corrected chi connectivity index (χ0v) is 14.0. The Bertz CT molecular complexity index is 745. The first kappa shape index (κ1) is 18.2. The lowest BCUT2D eigenvalue weighted by Crippen LogP contribution is -2.36. The molecule has 3 N–H and O–H groups in total. The molecule has 0 aliphatic rings. The van der Waals surface area contributed by atoms with Crippen LogP contribution >= 0.6 is 0 Å². The van der Waals surface area contributed by atoms with Gasteiger partial charge >= 0.3 is 11.8 Å². The normalized spacial score (nSPS) is 9.96. The molecule has 6 nitrogen and oxygen atoms in total. The molecule has 0 saturated carbocycles. The van der Waals surface area contributed by atoms with Crippen molar-refractivity contribution in [2.45, 2.75) is 19.8 Å². The summed E-state index contributed by atoms with van der Waals surface area (Å²) in [5.74, 6) is -1.63. The summed E-state index contributed by atoms with van der Waals surface area (Å²) in [6.07, 6.45) is 1.59. The summed E-state index contributed by atoms with van der Waals surface area (Å²) in [7, 11) is 0. The first-order valence-corrected chi connectivity index (χ1v) is 8.05. The van der Waals surface area contributed by atoms with Crippen LogP contribution in [0.4, 0.5) is 11.4 Å². The second-order valence-corrected chi connectivity index (χ2v) is 5.56. The van der Waals surface area contributed by atoms with E-state index in [0.29, 0.717) is 17.9 Å². The van der Waals surface area contributed by atoms with Gasteiger partial charge in [-0.1, -0.05) is 36.4 Å². The van der Waals surface area contributed by atoms with Crippen LogP contribution in [0.15, 0.2) is 54.6 Å². The Morgan fingerprint density at radius 1 is 0.840 bits per heavy atom. The fourth-order valence-corrected chi connectivity index (χ4v) is 2.29. The van der Waals surface area contributed by atoms with Crippen molar-refractivity contribution in [3.63, 3.8) is 0 Å². The van der Waals surface area contributed by atoms with Crippen molar-refractivity contribution in [2.75, 3.05) is 17.2 Å². The van der Waals surface area contributed by atoms with Crippen LogP contribution in [0.5, 0.6) is 0 Å². The van der Waals surface area contributed by atoms with Crippen molar-refractivity contribution in [1.29, 1.82) is 0 Å². The predicted molar refractivity (Wildman–Crippen MR) is 97.1 cm³/mol. The average molecular weight is 339 g/mol. The quantitative estimate of drug-likeness (QED) is 0.557. The number of nitrogens with one attached hydrogen (secondary N) is 3. The van der Waals surface area contributed by atoms with Crippen molar-refractivity contribution in [2.24, 2.45) is 0 Å². The first-order valence-electron chi connectivity index (χ1n) is 8.05. The van der Waals surface area contributed by atoms with Crippen molar-refractivity contribution in [3.8, 4) is 0 Å². The number of benzene rings is 2. The highest BCUT2D eigenvalue weighted by Crippen LogP contribution is 2.14. The Kier molecular flexibility index (Phi) is 6.71. The molecule has 0 spiro atoms. The molecule has 0 aliphatic carbocycles. The van der Waals surface area contributed by atoms with Gasteiger partial charge in [0.2, 0.25) is 5.91 Å². The molecular formula is C19H21N3O3. The largest absolute Gasteiger partial charge is 0.348 e. The van der Waals surface area contributed by atoms with E-state index in [1.54, 1.807) is 24.3 Å². The molecule has 0 aromatic heterocycles. The first-order chi connectivity index (χ1) is 12.0. The zero-order chi connectivity index (χ0) is 18.1. The Hall–Kier alpha value is -3.15. The Morgan fingerprint density at radius 3 is 2.20 bits per heavy atom. The zero-order valence-electron chi connectivity index (χ0n) is 14.0. The minimum Gasteiger partial charge on any atom is -0.348 e. The van der Waals surface area contributed by atoms with Gasteiger partial charge in [-0.2, -0.15) is 0 Å². The van der Waals surface area contributed by atoms with Gasteiger partial charge in [0.15, 0.2) is 0 Å². The van der Waals surface area contributed by atoms with Crippen LogP contribution in [0, 0.1) is 0 Å². The summed E-state index contributed by atoms with van der Waals surface area (Å²) in [4.78, 5) is 34.8. The van der Waals surface area contributed by atoms with E-state index < -0.39 is 11.8 Å². The molecule has 0 atom stereocenters. The SMILES string of the molecule is CC(=O)Nc1cccc(NC(=O)C(=O)NCCCc2ccccc2)c1. The number of carbonyl (C=O) groups excluding carboxylic acids is 3. The van der Waals surface area contributed by atoms with E-state index in [-0.39, 0.29) is 5.91 Å². The third-order valence-corrected chi connectivity index (χ3v) is 3.42. The van der Waals surface area contributed by atoms with Crippen LogP contribution in [0.25, 0.3) is 0 Å². The standard InChI is InChI=1S/C19H21N3O3/c1-14(23)21-16-10-5-11-17(13-16)22-19(25)18(24)20-12-6-9-15-7-3-2-4-8-15/h2-5,7-8,10-11,13H,6,9,12H2,1H3,(H,20,24)(H,21,23)(H,22,25). The number of hydrogen-bond acceptors (Lipinski definition) is 3. The van der Waals surface area contributed by atoms with E-state index in [0.717, 1.165) is 12.8 Å². The van der Waals surface area contributed by atoms with Crippen molar-refractivity contribution in [3.05, 3.63) is 60.2 Å². The number of aryl methyl sites for hydroxylation is 1. The van der Waals surface area contributed by atoms with Gasteiger partial charge in [0.05, 0.1) is 0 Å². The van der Waals surface area contributed by atoms with E-state index in [1.807, 2.05) is 30.3 Å². The molecule has 2 aromatic rings. The van der Waals surface area contributed by atoms with Crippen LogP contribution in [0.1, 0.15) is 18.9 Å². The highest BCUT2D eigenvalue weighted by atomic mass is 16.2. The number of amides is 3. The summed E-state index contributed by atoms with van der Waals surface area (Å²) in [6, 6.07) is 16.5. The second-order valence-electron chi connectivity index (χ2n) is 5.56. The lowest BCUT2D eigenvalue weighted by Gasteiger charge is -2.08. The van der Waals surface area contributed by atoms with Crippen LogP contribution in [-0.2, 0) is 20.8 Å². The van der Waals surface area contributed by atoms with Gasteiger partial charge in [0.25, 0.3) is 0 Å². The fraction of sp³-hybridized carbons (Fsp3) is 0.211. The monoisotopic (exact) mass is 339 g/mol. The van der Waals surface area contributed by atoms with Crippen LogP contribution in [-0.4, -0.2) is 24.3 Å². The maximum atomic E-state index is 11.9. The predicted octanol–water partition coefficient (Wildman–Crippen LogP) is 2.33. The van der Waals surface area contributed by atoms with Gasteiger partial charge in [-0.05, 0) is 36.6 Å². The average Bonchev–Trinajstić information content (AvgIpc) is 2.59. The van der Waals surface area contributed by atoms with Gasteiger partial charge in [0, 0.05) is 24.8 Å². The molecular weight excluding hydrogens is 318 g/mol. The Balaban J connectivity index is 1.76. The molecule has 0 unspecified atom stereocenters. The van der Waals surface area contributed by atoms with Crippen LogP contribution < -0.4 is 16.0 Å². The molecule has 130 valence electrons. The fourth-order valence-electron chi connectivity index (χ4n) is 2.29. The summed E-state index contributed by atoms with van der Waals surface area (Å²) in [5.41, 5.74) is 2.18. The lowest BCUT2D eigenvalue weighted by atomic mass is 10.1. The summed E-state index contributed by atoms with van der Waals surface area (Å²) >= 11 is 0. The minimum absolute atomic E-state index is 0.209. The van der Waals surface area contributed by atoms with Gasteiger partial charge in [-0.15, -0.1) is 0 Å². The number of hydrogen-bond donors (Lipinski definition) is 3. The van der Waals surface area contributed by atoms with E-state index in [4.69, 9.17) is 0 Å². The van der Waals surface area contributed by atoms with E-state index >= 15 is 0 Å². The summed E-state index contributed by atoms with van der Waals surface area (Å²) < 4.78 is 0. The lowest BCUT2D eigenvalue weighted by molar-refractivity contribution is -0.136. The third-order valence-electron chi connectivity index (χ3n) is 3.42. The summed E-state index contributed by atoms with van der Waals surface area (Å²) in [6.45, 7) is 1.82. The summed E-state index contributed by atoms with van der Waals surface area (Å²) in [5, 5.41) is 7.73. The number of anilines is 2. The molecule has 3 amide bonds. The third kappa shape index (κ3) is 6.47. The topological polar surface area (TPSA) is 87.3 Å². The van der Waals surface area contributed by atoms with E-state index in [1.165, 1.54) is 12.5 Å². The van der Waals surface area contributed by atoms with Gasteiger partial charge in [0.1, 0.15) is 0 Å². The number of rotatable bonds is 6. The van der Waals surface area contributed by atoms with Crippen molar-refractivity contribution in [1.82, 2.24) is 5.32 Å². The molecule has 2 rings (SSSR count). The van der Waals surface area contributed by atoms with Crippen LogP contribution in [0.2, 0.25) is 0 Å². The highest BCUT2D eigenvalue weighted by molar-refractivity contribution is 6.39. The molecule has 0 fully saturated rings. The highest BCUT2D eigenvalue weighted by Gasteiger charge is 2.13. The molecule has 0 aliphatic heterocycles. The van der Waals surface area contributed by atoms with Gasteiger partial charge in [-0.3, -0.25) is 14.4 Å². The molecule has 0 saturated heterocycles. The second kappa shape index (κ2) is 9.22. The van der Waals surface area contributed by atoms with Crippen molar-refractivity contribution >= 4 is 29.1 Å². The van der Waals surface area contributed by atoms with E-state index in [2.05, 4.69) is 16.0 Å². The Morgan fingerprint density at radius 2 is 1.52 bits per heavy atom. The number of carbonyl (C=O) groups is 3. The van der Waals surface area contributed by atoms with Crippen molar-refractivity contribution < 1.29 is 14.4 Å². The maximum absolute atomic E-state index is 11.9. The molecule has 6 heteroatoms.